The van der Waals surface area contributed by atoms with Crippen molar-refractivity contribution in [1.29, 1.82) is 0 Å². The van der Waals surface area contributed by atoms with Crippen LogP contribution in [0.4, 0.5) is 0 Å². The number of Topliss-reactive ketones (excluding diaryl/α,β-unsaturated/α-hetero) is 1. The molecule has 0 radical (unpaired) electrons. The van der Waals surface area contributed by atoms with Gasteiger partial charge in [0.1, 0.15) is 5.69 Å². The molecule has 0 spiro atoms. The van der Waals surface area contributed by atoms with Crippen molar-refractivity contribution in [3.8, 4) is 0 Å². The zero-order chi connectivity index (χ0) is 14.6. The highest BCUT2D eigenvalue weighted by molar-refractivity contribution is 6.33. The first-order chi connectivity index (χ1) is 9.64. The Balaban J connectivity index is 2.29. The van der Waals surface area contributed by atoms with E-state index < -0.39 is 0 Å². The van der Waals surface area contributed by atoms with Gasteiger partial charge >= 0.3 is 0 Å². The quantitative estimate of drug-likeness (QED) is 0.818. The van der Waals surface area contributed by atoms with Crippen molar-refractivity contribution < 1.29 is 9.53 Å². The number of nitrogens with zero attached hydrogens (tertiary/aromatic N) is 2. The lowest BCUT2D eigenvalue weighted by Gasteiger charge is -2.35. The van der Waals surface area contributed by atoms with Gasteiger partial charge in [-0.3, -0.25) is 9.48 Å². The molecular formula is C14H22ClN3O2. The molecule has 6 heteroatoms. The van der Waals surface area contributed by atoms with Gasteiger partial charge in [-0.1, -0.05) is 18.5 Å². The van der Waals surface area contributed by atoms with Gasteiger partial charge in [-0.15, -0.1) is 0 Å². The van der Waals surface area contributed by atoms with Crippen LogP contribution in [0.15, 0.2) is 6.20 Å². The van der Waals surface area contributed by atoms with E-state index in [9.17, 15) is 4.79 Å². The molecule has 1 aliphatic heterocycles. The molecule has 1 fully saturated rings. The molecular weight excluding hydrogens is 278 g/mol. The first kappa shape index (κ1) is 15.5. The predicted molar refractivity (Wildman–Crippen MR) is 78.3 cm³/mol. The third-order valence-corrected chi connectivity index (χ3v) is 4.42. The number of hydrogen-bond acceptors (Lipinski definition) is 4. The number of ether oxygens (including phenoxy) is 1. The van der Waals surface area contributed by atoms with Gasteiger partial charge in [0.15, 0.2) is 5.78 Å². The average molecular weight is 300 g/mol. The largest absolute Gasteiger partial charge is 0.383 e. The minimum absolute atomic E-state index is 0.103. The summed E-state index contributed by atoms with van der Waals surface area (Å²) >= 11 is 6.19. The summed E-state index contributed by atoms with van der Waals surface area (Å²) in [6.07, 6.45) is 4.28. The van der Waals surface area contributed by atoms with Crippen molar-refractivity contribution in [1.82, 2.24) is 15.1 Å². The lowest BCUT2D eigenvalue weighted by molar-refractivity contribution is 0.0715. The Labute approximate surface area is 124 Å². The topological polar surface area (TPSA) is 56.2 Å². The summed E-state index contributed by atoms with van der Waals surface area (Å²) in [6.45, 7) is 4.81. The van der Waals surface area contributed by atoms with Crippen LogP contribution < -0.4 is 5.32 Å². The second kappa shape index (κ2) is 6.70. The van der Waals surface area contributed by atoms with Crippen LogP contribution in [0.1, 0.15) is 36.7 Å². The lowest BCUT2D eigenvalue weighted by atomic mass is 9.74. The summed E-state index contributed by atoms with van der Waals surface area (Å²) in [4.78, 5) is 13.0. The van der Waals surface area contributed by atoms with Crippen molar-refractivity contribution >= 4 is 17.4 Å². The van der Waals surface area contributed by atoms with Gasteiger partial charge in [0.2, 0.25) is 0 Å². The van der Waals surface area contributed by atoms with Crippen LogP contribution >= 0.6 is 11.6 Å². The number of rotatable bonds is 6. The Bertz CT molecular complexity index is 467. The molecule has 0 aromatic carbocycles. The summed E-state index contributed by atoms with van der Waals surface area (Å²) < 4.78 is 6.73. The van der Waals surface area contributed by atoms with Crippen LogP contribution in [0.25, 0.3) is 0 Å². The predicted octanol–water partition coefficient (Wildman–Crippen LogP) is 2.15. The van der Waals surface area contributed by atoms with Gasteiger partial charge in [0, 0.05) is 19.1 Å². The molecule has 0 aliphatic carbocycles. The first-order valence-electron chi connectivity index (χ1n) is 7.10. The zero-order valence-corrected chi connectivity index (χ0v) is 12.9. The molecule has 1 N–H and O–H groups in total. The van der Waals surface area contributed by atoms with E-state index in [1.807, 2.05) is 0 Å². The minimum atomic E-state index is -0.354. The molecule has 1 aromatic heterocycles. The fourth-order valence-electron chi connectivity index (χ4n) is 2.81. The van der Waals surface area contributed by atoms with Crippen LogP contribution in [-0.2, 0) is 11.3 Å². The van der Waals surface area contributed by atoms with Crippen molar-refractivity contribution in [3.05, 3.63) is 16.9 Å². The van der Waals surface area contributed by atoms with E-state index in [2.05, 4.69) is 17.3 Å². The van der Waals surface area contributed by atoms with Gasteiger partial charge in [-0.05, 0) is 25.8 Å². The number of carbonyl (C=O) groups excluding carboxylic acids is 1. The number of aromatic nitrogens is 2. The van der Waals surface area contributed by atoms with Crippen molar-refractivity contribution in [3.63, 3.8) is 0 Å². The maximum absolute atomic E-state index is 13.0. The Hall–Kier alpha value is -0.910. The van der Waals surface area contributed by atoms with Gasteiger partial charge in [-0.25, -0.2) is 0 Å². The van der Waals surface area contributed by atoms with Crippen LogP contribution in [0.3, 0.4) is 0 Å². The summed E-state index contributed by atoms with van der Waals surface area (Å²) in [5.74, 6) is 0.103. The summed E-state index contributed by atoms with van der Waals surface area (Å²) in [5.41, 5.74) is 0.168. The Kier molecular flexibility index (Phi) is 5.18. The number of piperidine rings is 1. The van der Waals surface area contributed by atoms with E-state index in [1.165, 1.54) is 0 Å². The third-order valence-electron chi connectivity index (χ3n) is 4.15. The minimum Gasteiger partial charge on any atom is -0.383 e. The number of methoxy groups -OCH3 is 1. The van der Waals surface area contributed by atoms with E-state index in [4.69, 9.17) is 16.3 Å². The van der Waals surface area contributed by atoms with E-state index in [-0.39, 0.29) is 11.2 Å². The Morgan fingerprint density at radius 3 is 3.05 bits per heavy atom. The molecule has 1 saturated heterocycles. The van der Waals surface area contributed by atoms with Crippen LogP contribution in [0, 0.1) is 5.41 Å². The van der Waals surface area contributed by atoms with Crippen LogP contribution in [0.2, 0.25) is 5.02 Å². The smallest absolute Gasteiger partial charge is 0.189 e. The van der Waals surface area contributed by atoms with Crippen LogP contribution in [0.5, 0.6) is 0 Å². The maximum atomic E-state index is 13.0. The number of ketones is 1. The maximum Gasteiger partial charge on any atom is 0.189 e. The van der Waals surface area contributed by atoms with Crippen molar-refractivity contribution in [2.24, 2.45) is 5.41 Å². The second-order valence-corrected chi connectivity index (χ2v) is 5.71. The molecule has 20 heavy (non-hydrogen) atoms. The molecule has 1 unspecified atom stereocenters. The fourth-order valence-corrected chi connectivity index (χ4v) is 3.04. The van der Waals surface area contributed by atoms with E-state index in [0.29, 0.717) is 30.4 Å². The first-order valence-corrected chi connectivity index (χ1v) is 7.48. The summed E-state index contributed by atoms with van der Waals surface area (Å²) in [5, 5.41) is 7.97. The molecule has 1 aliphatic rings. The highest BCUT2D eigenvalue weighted by atomic mass is 35.5. The second-order valence-electron chi connectivity index (χ2n) is 5.30. The lowest BCUT2D eigenvalue weighted by Crippen LogP contribution is -2.45. The SMILES string of the molecule is CCC1(C(=O)c2c(Cl)cnn2CCOC)CCCNC1. The standard InChI is InChI=1S/C14H22ClN3O2/c1-3-14(5-4-6-16-10-14)13(19)12-11(15)9-17-18(12)7-8-20-2/h9,16H,3-8,10H2,1-2H3. The van der Waals surface area contributed by atoms with Crippen molar-refractivity contribution in [2.45, 2.75) is 32.7 Å². The van der Waals surface area contributed by atoms with E-state index in [0.717, 1.165) is 25.8 Å². The molecule has 5 nitrogen and oxygen atoms in total. The van der Waals surface area contributed by atoms with Gasteiger partial charge in [-0.2, -0.15) is 5.10 Å². The Morgan fingerprint density at radius 2 is 2.45 bits per heavy atom. The van der Waals surface area contributed by atoms with Gasteiger partial charge in [0.05, 0.1) is 24.4 Å². The fraction of sp³-hybridized carbons (Fsp3) is 0.714. The number of carbonyl (C=O) groups is 1. The highest BCUT2D eigenvalue weighted by Crippen LogP contribution is 2.35. The van der Waals surface area contributed by atoms with E-state index >= 15 is 0 Å². The number of hydrogen-bond donors (Lipinski definition) is 1. The number of halogens is 1. The normalized spacial score (nSPS) is 22.9. The third kappa shape index (κ3) is 2.90. The van der Waals surface area contributed by atoms with Gasteiger partial charge < -0.3 is 10.1 Å². The molecule has 112 valence electrons. The van der Waals surface area contributed by atoms with Crippen LogP contribution in [-0.4, -0.2) is 42.4 Å². The molecule has 0 bridgehead atoms. The number of nitrogens with one attached hydrogen (secondary N) is 1. The van der Waals surface area contributed by atoms with Crippen molar-refractivity contribution in [2.75, 3.05) is 26.8 Å². The molecule has 1 aromatic rings. The van der Waals surface area contributed by atoms with Gasteiger partial charge in [0.25, 0.3) is 0 Å². The zero-order valence-electron chi connectivity index (χ0n) is 12.1. The summed E-state index contributed by atoms with van der Waals surface area (Å²) in [7, 11) is 1.63. The van der Waals surface area contributed by atoms with E-state index in [1.54, 1.807) is 18.0 Å². The average Bonchev–Trinajstić information content (AvgIpc) is 2.85. The highest BCUT2D eigenvalue weighted by Gasteiger charge is 2.40. The molecule has 1 atom stereocenters. The molecule has 0 amide bonds. The monoisotopic (exact) mass is 299 g/mol. The Morgan fingerprint density at radius 1 is 1.65 bits per heavy atom. The molecule has 0 saturated carbocycles. The summed E-state index contributed by atoms with van der Waals surface area (Å²) in [6, 6.07) is 0. The molecule has 2 rings (SSSR count). The molecule has 2 heterocycles.